The highest BCUT2D eigenvalue weighted by Gasteiger charge is 2.10. The molecule has 0 aliphatic carbocycles. The van der Waals surface area contributed by atoms with Crippen LogP contribution in [0.4, 0.5) is 0 Å². The van der Waals surface area contributed by atoms with Gasteiger partial charge < -0.3 is 10.4 Å². The predicted molar refractivity (Wildman–Crippen MR) is 79.8 cm³/mol. The van der Waals surface area contributed by atoms with Gasteiger partial charge in [-0.2, -0.15) is 0 Å². The Morgan fingerprint density at radius 3 is 2.50 bits per heavy atom. The zero-order valence-electron chi connectivity index (χ0n) is 11.1. The minimum Gasteiger partial charge on any atom is -0.480 e. The summed E-state index contributed by atoms with van der Waals surface area (Å²) < 4.78 is 0. The molecule has 1 amide bonds. The Balaban J connectivity index is 0.00000361. The first-order valence-electron chi connectivity index (χ1n) is 5.97. The largest absolute Gasteiger partial charge is 0.480 e. The fourth-order valence-corrected chi connectivity index (χ4v) is 1.64. The van der Waals surface area contributed by atoms with Gasteiger partial charge >= 0.3 is 5.97 Å². The zero-order chi connectivity index (χ0) is 14.1. The van der Waals surface area contributed by atoms with Crippen LogP contribution in [0.25, 0.3) is 0 Å². The van der Waals surface area contributed by atoms with E-state index in [4.69, 9.17) is 5.11 Å². The number of carboxylic acids is 1. The fraction of sp³-hybridized carbons (Fsp3) is 0.286. The van der Waals surface area contributed by atoms with Crippen LogP contribution in [-0.2, 0) is 16.1 Å². The molecule has 2 N–H and O–H groups in total. The second-order valence-corrected chi connectivity index (χ2v) is 4.11. The summed E-state index contributed by atoms with van der Waals surface area (Å²) in [5, 5.41) is 10.8. The third-order valence-corrected chi connectivity index (χ3v) is 2.44. The van der Waals surface area contributed by atoms with Gasteiger partial charge in [-0.1, -0.05) is 36.4 Å². The number of carboxylic acid groups (broad SMARTS) is 1. The molecule has 20 heavy (non-hydrogen) atoms. The molecule has 110 valence electrons. The summed E-state index contributed by atoms with van der Waals surface area (Å²) in [5.74, 6) is -1.35. The van der Waals surface area contributed by atoms with Crippen molar-refractivity contribution in [1.82, 2.24) is 10.2 Å². The average molecular weight is 299 g/mol. The van der Waals surface area contributed by atoms with Crippen LogP contribution in [0.3, 0.4) is 0 Å². The Morgan fingerprint density at radius 1 is 1.30 bits per heavy atom. The molecule has 1 aromatic rings. The molecule has 1 aromatic carbocycles. The Labute approximate surface area is 124 Å². The number of nitrogens with zero attached hydrogens (tertiary/aromatic N) is 1. The van der Waals surface area contributed by atoms with E-state index in [-0.39, 0.29) is 31.4 Å². The molecule has 0 atom stereocenters. The summed E-state index contributed by atoms with van der Waals surface area (Å²) in [6, 6.07) is 9.76. The van der Waals surface area contributed by atoms with E-state index in [2.05, 4.69) is 11.9 Å². The molecular weight excluding hydrogens is 280 g/mol. The smallest absolute Gasteiger partial charge is 0.322 e. The van der Waals surface area contributed by atoms with Crippen LogP contribution >= 0.6 is 12.4 Å². The summed E-state index contributed by atoms with van der Waals surface area (Å²) in [7, 11) is 0. The van der Waals surface area contributed by atoms with E-state index in [1.54, 1.807) is 6.08 Å². The van der Waals surface area contributed by atoms with Gasteiger partial charge in [0.25, 0.3) is 0 Å². The summed E-state index contributed by atoms with van der Waals surface area (Å²) >= 11 is 0. The molecule has 5 nitrogen and oxygen atoms in total. The molecule has 1 rings (SSSR count). The van der Waals surface area contributed by atoms with Gasteiger partial charge in [0.15, 0.2) is 0 Å². The normalized spacial score (nSPS) is 9.65. The lowest BCUT2D eigenvalue weighted by Crippen LogP contribution is -2.39. The Bertz CT molecular complexity index is 437. The molecule has 0 saturated carbocycles. The van der Waals surface area contributed by atoms with Gasteiger partial charge in [-0.3, -0.25) is 14.5 Å². The monoisotopic (exact) mass is 298 g/mol. The van der Waals surface area contributed by atoms with Crippen LogP contribution in [-0.4, -0.2) is 41.5 Å². The first-order valence-corrected chi connectivity index (χ1v) is 5.97. The van der Waals surface area contributed by atoms with E-state index in [0.717, 1.165) is 5.56 Å². The van der Waals surface area contributed by atoms with Crippen molar-refractivity contribution in [1.29, 1.82) is 0 Å². The Hall–Kier alpha value is -1.85. The lowest BCUT2D eigenvalue weighted by molar-refractivity contribution is -0.138. The lowest BCUT2D eigenvalue weighted by Gasteiger charge is -2.19. The molecule has 0 heterocycles. The van der Waals surface area contributed by atoms with Gasteiger partial charge in [0, 0.05) is 13.1 Å². The van der Waals surface area contributed by atoms with Gasteiger partial charge in [-0.05, 0) is 5.56 Å². The van der Waals surface area contributed by atoms with E-state index in [1.165, 1.54) is 0 Å². The van der Waals surface area contributed by atoms with Crippen molar-refractivity contribution in [2.24, 2.45) is 0 Å². The third kappa shape index (κ3) is 7.56. The highest BCUT2D eigenvalue weighted by molar-refractivity contribution is 5.85. The molecule has 0 unspecified atom stereocenters. The average Bonchev–Trinajstić information content (AvgIpc) is 2.38. The van der Waals surface area contributed by atoms with E-state index < -0.39 is 5.97 Å². The zero-order valence-corrected chi connectivity index (χ0v) is 11.9. The number of benzene rings is 1. The van der Waals surface area contributed by atoms with Crippen molar-refractivity contribution in [2.75, 3.05) is 19.6 Å². The summed E-state index contributed by atoms with van der Waals surface area (Å²) in [4.78, 5) is 23.8. The van der Waals surface area contributed by atoms with Crippen molar-refractivity contribution in [2.45, 2.75) is 6.54 Å². The van der Waals surface area contributed by atoms with E-state index in [9.17, 15) is 9.59 Å². The van der Waals surface area contributed by atoms with Gasteiger partial charge in [-0.15, -0.1) is 19.0 Å². The molecule has 0 spiro atoms. The SMILES string of the molecule is C=CCN(CC(=O)NCC(=O)O)Cc1ccccc1.Cl. The van der Waals surface area contributed by atoms with Crippen LogP contribution in [0.15, 0.2) is 43.0 Å². The first-order chi connectivity index (χ1) is 9.11. The standard InChI is InChI=1S/C14H18N2O3.ClH/c1-2-8-16(10-12-6-4-3-5-7-12)11-13(17)15-9-14(18)19;/h2-7H,1,8-11H2,(H,15,17)(H,18,19);1H. The first kappa shape index (κ1) is 18.1. The van der Waals surface area contributed by atoms with Crippen LogP contribution in [0, 0.1) is 0 Å². The minimum absolute atomic E-state index is 0. The van der Waals surface area contributed by atoms with Crippen molar-refractivity contribution in [3.63, 3.8) is 0 Å². The van der Waals surface area contributed by atoms with Crippen molar-refractivity contribution in [3.05, 3.63) is 48.6 Å². The summed E-state index contributed by atoms with van der Waals surface area (Å²) in [6.07, 6.45) is 1.72. The molecule has 0 aliphatic rings. The van der Waals surface area contributed by atoms with Gasteiger partial charge in [-0.25, -0.2) is 0 Å². The molecule has 0 aromatic heterocycles. The number of hydrogen-bond acceptors (Lipinski definition) is 3. The van der Waals surface area contributed by atoms with E-state index >= 15 is 0 Å². The molecule has 0 bridgehead atoms. The summed E-state index contributed by atoms with van der Waals surface area (Å²) in [5.41, 5.74) is 1.09. The fourth-order valence-electron chi connectivity index (χ4n) is 1.64. The number of rotatable bonds is 8. The van der Waals surface area contributed by atoms with Crippen molar-refractivity contribution < 1.29 is 14.7 Å². The maximum atomic E-state index is 11.6. The number of hydrogen-bond donors (Lipinski definition) is 2. The predicted octanol–water partition coefficient (Wildman–Crippen LogP) is 1.30. The Kier molecular flexibility index (Phi) is 9.07. The number of carbonyl (C=O) groups excluding carboxylic acids is 1. The quantitative estimate of drug-likeness (QED) is 0.710. The third-order valence-electron chi connectivity index (χ3n) is 2.44. The number of aliphatic carboxylic acids is 1. The molecule has 0 radical (unpaired) electrons. The van der Waals surface area contributed by atoms with Crippen LogP contribution in [0.2, 0.25) is 0 Å². The van der Waals surface area contributed by atoms with E-state index in [0.29, 0.717) is 13.1 Å². The number of amides is 1. The van der Waals surface area contributed by atoms with E-state index in [1.807, 2.05) is 35.2 Å². The van der Waals surface area contributed by atoms with Crippen molar-refractivity contribution >= 4 is 24.3 Å². The molecule has 6 heteroatoms. The number of halogens is 1. The van der Waals surface area contributed by atoms with Gasteiger partial charge in [0.1, 0.15) is 6.54 Å². The van der Waals surface area contributed by atoms with Gasteiger partial charge in [0.05, 0.1) is 6.54 Å². The highest BCUT2D eigenvalue weighted by Crippen LogP contribution is 2.03. The number of carbonyl (C=O) groups is 2. The molecule has 0 saturated heterocycles. The number of nitrogens with one attached hydrogen (secondary N) is 1. The maximum absolute atomic E-state index is 11.6. The lowest BCUT2D eigenvalue weighted by atomic mass is 10.2. The topological polar surface area (TPSA) is 69.6 Å². The van der Waals surface area contributed by atoms with Crippen molar-refractivity contribution in [3.8, 4) is 0 Å². The maximum Gasteiger partial charge on any atom is 0.322 e. The Morgan fingerprint density at radius 2 is 1.95 bits per heavy atom. The van der Waals surface area contributed by atoms with Crippen LogP contribution < -0.4 is 5.32 Å². The second kappa shape index (κ2) is 10.00. The minimum atomic E-state index is -1.05. The van der Waals surface area contributed by atoms with Gasteiger partial charge in [0.2, 0.25) is 5.91 Å². The highest BCUT2D eigenvalue weighted by atomic mass is 35.5. The summed E-state index contributed by atoms with van der Waals surface area (Å²) in [6.45, 7) is 4.63. The molecule has 0 fully saturated rings. The molecular formula is C14H19ClN2O3. The molecule has 0 aliphatic heterocycles. The van der Waals surface area contributed by atoms with Crippen LogP contribution in [0.1, 0.15) is 5.56 Å². The second-order valence-electron chi connectivity index (χ2n) is 4.11. The van der Waals surface area contributed by atoms with Crippen LogP contribution in [0.5, 0.6) is 0 Å².